The normalized spacial score (nSPS) is 20.2. The van der Waals surface area contributed by atoms with Gasteiger partial charge in [0.15, 0.2) is 5.37 Å². The van der Waals surface area contributed by atoms with Crippen molar-refractivity contribution in [1.82, 2.24) is 19.7 Å². The Kier molecular flexibility index (Phi) is 6.64. The first-order valence-corrected chi connectivity index (χ1v) is 11.3. The number of hydrogen-bond acceptors (Lipinski definition) is 5. The fourth-order valence-electron chi connectivity index (χ4n) is 3.87. The Bertz CT molecular complexity index is 880. The van der Waals surface area contributed by atoms with Crippen LogP contribution in [0.4, 0.5) is 4.39 Å². The maximum Gasteiger partial charge on any atom is 0.255 e. The van der Waals surface area contributed by atoms with E-state index in [4.69, 9.17) is 0 Å². The number of hydrogen-bond donors (Lipinski definition) is 0. The van der Waals surface area contributed by atoms with Gasteiger partial charge in [-0.3, -0.25) is 19.5 Å². The summed E-state index contributed by atoms with van der Waals surface area (Å²) in [6.07, 6.45) is 2.69. The minimum Gasteiger partial charge on any atom is -0.339 e. The zero-order valence-corrected chi connectivity index (χ0v) is 17.6. The summed E-state index contributed by atoms with van der Waals surface area (Å²) < 4.78 is 13.2. The molecular formula is C22H25FN4O2S. The molecule has 1 aromatic carbocycles. The van der Waals surface area contributed by atoms with E-state index >= 15 is 0 Å². The van der Waals surface area contributed by atoms with E-state index in [9.17, 15) is 14.0 Å². The van der Waals surface area contributed by atoms with Crippen molar-refractivity contribution in [3.05, 3.63) is 65.7 Å². The molecule has 1 aromatic heterocycles. The van der Waals surface area contributed by atoms with Gasteiger partial charge in [-0.2, -0.15) is 0 Å². The summed E-state index contributed by atoms with van der Waals surface area (Å²) >= 11 is 1.50. The van der Waals surface area contributed by atoms with Crippen LogP contribution in [0.15, 0.2) is 48.7 Å². The van der Waals surface area contributed by atoms with Crippen molar-refractivity contribution < 1.29 is 14.0 Å². The first-order valence-electron chi connectivity index (χ1n) is 10.2. The van der Waals surface area contributed by atoms with E-state index in [2.05, 4.69) is 9.88 Å². The van der Waals surface area contributed by atoms with Crippen molar-refractivity contribution in [3.63, 3.8) is 0 Å². The predicted molar refractivity (Wildman–Crippen MR) is 114 cm³/mol. The second-order valence-electron chi connectivity index (χ2n) is 7.50. The highest BCUT2D eigenvalue weighted by Gasteiger charge is 2.38. The number of benzene rings is 1. The molecule has 2 aromatic rings. The SMILES string of the molecule is O=C(C1SCCN1C(=O)c1ccc(F)cc1)N1CCCN(Cc2ccccn2)CC1. The molecule has 2 aliphatic rings. The van der Waals surface area contributed by atoms with E-state index < -0.39 is 5.37 Å². The van der Waals surface area contributed by atoms with Crippen molar-refractivity contribution in [2.24, 2.45) is 0 Å². The maximum atomic E-state index is 13.2. The van der Waals surface area contributed by atoms with Crippen LogP contribution >= 0.6 is 11.8 Å². The molecule has 3 heterocycles. The zero-order chi connectivity index (χ0) is 20.9. The van der Waals surface area contributed by atoms with Crippen molar-refractivity contribution in [3.8, 4) is 0 Å². The molecule has 6 nitrogen and oxygen atoms in total. The molecule has 1 unspecified atom stereocenters. The number of carbonyl (C=O) groups excluding carboxylic acids is 2. The van der Waals surface area contributed by atoms with Crippen molar-refractivity contribution in [2.45, 2.75) is 18.3 Å². The van der Waals surface area contributed by atoms with Crippen LogP contribution < -0.4 is 0 Å². The monoisotopic (exact) mass is 428 g/mol. The predicted octanol–water partition coefficient (Wildman–Crippen LogP) is 2.47. The second kappa shape index (κ2) is 9.57. The van der Waals surface area contributed by atoms with Crippen LogP contribution in [-0.4, -0.2) is 75.3 Å². The molecule has 0 saturated carbocycles. The summed E-state index contributed by atoms with van der Waals surface area (Å²) in [5, 5.41) is -0.509. The fourth-order valence-corrected chi connectivity index (χ4v) is 5.07. The number of carbonyl (C=O) groups is 2. The van der Waals surface area contributed by atoms with Crippen LogP contribution in [0.3, 0.4) is 0 Å². The number of nitrogens with zero attached hydrogens (tertiary/aromatic N) is 4. The van der Waals surface area contributed by atoms with E-state index in [0.29, 0.717) is 25.2 Å². The summed E-state index contributed by atoms with van der Waals surface area (Å²) in [4.78, 5) is 36.3. The standard InChI is InChI=1S/C22H25FN4O2S/c23-18-7-5-17(6-8-18)20(28)27-14-15-30-22(27)21(29)26-11-3-10-25(12-13-26)16-19-4-1-2-9-24-19/h1-2,4-9,22H,3,10-16H2. The van der Waals surface area contributed by atoms with Gasteiger partial charge in [0.05, 0.1) is 5.69 Å². The van der Waals surface area contributed by atoms with Crippen LogP contribution in [0.25, 0.3) is 0 Å². The van der Waals surface area contributed by atoms with Gasteiger partial charge in [-0.1, -0.05) is 6.07 Å². The van der Waals surface area contributed by atoms with Crippen LogP contribution in [0.1, 0.15) is 22.5 Å². The summed E-state index contributed by atoms with van der Waals surface area (Å²) in [7, 11) is 0. The Morgan fingerprint density at radius 1 is 1.03 bits per heavy atom. The molecule has 2 aliphatic heterocycles. The lowest BCUT2D eigenvalue weighted by atomic mass is 10.2. The highest BCUT2D eigenvalue weighted by Crippen LogP contribution is 2.28. The van der Waals surface area contributed by atoms with E-state index in [1.54, 1.807) is 11.1 Å². The number of pyridine rings is 1. The average molecular weight is 429 g/mol. The third kappa shape index (κ3) is 4.82. The van der Waals surface area contributed by atoms with E-state index in [0.717, 1.165) is 37.5 Å². The smallest absolute Gasteiger partial charge is 0.255 e. The summed E-state index contributed by atoms with van der Waals surface area (Å²) in [5.41, 5.74) is 1.44. The van der Waals surface area contributed by atoms with Crippen molar-refractivity contribution >= 4 is 23.6 Å². The Morgan fingerprint density at radius 3 is 2.63 bits per heavy atom. The van der Waals surface area contributed by atoms with Crippen LogP contribution in [-0.2, 0) is 11.3 Å². The number of halogens is 1. The van der Waals surface area contributed by atoms with Crippen LogP contribution in [0.2, 0.25) is 0 Å². The Labute approximate surface area is 180 Å². The first kappa shape index (κ1) is 20.8. The molecule has 0 spiro atoms. The van der Waals surface area contributed by atoms with Gasteiger partial charge in [0, 0.05) is 56.8 Å². The molecule has 0 aliphatic carbocycles. The zero-order valence-electron chi connectivity index (χ0n) is 16.7. The number of rotatable bonds is 4. The van der Waals surface area contributed by atoms with E-state index in [1.165, 1.54) is 36.0 Å². The number of amides is 2. The van der Waals surface area contributed by atoms with Gasteiger partial charge in [-0.05, 0) is 42.8 Å². The molecule has 4 rings (SSSR count). The maximum absolute atomic E-state index is 13.2. The van der Waals surface area contributed by atoms with Gasteiger partial charge in [0.25, 0.3) is 11.8 Å². The molecule has 0 radical (unpaired) electrons. The molecule has 0 bridgehead atoms. The molecule has 2 amide bonds. The largest absolute Gasteiger partial charge is 0.339 e. The van der Waals surface area contributed by atoms with Gasteiger partial charge in [-0.25, -0.2) is 4.39 Å². The lowest BCUT2D eigenvalue weighted by Gasteiger charge is -2.29. The van der Waals surface area contributed by atoms with Gasteiger partial charge in [0.1, 0.15) is 5.82 Å². The van der Waals surface area contributed by atoms with Crippen molar-refractivity contribution in [1.29, 1.82) is 0 Å². The summed E-state index contributed by atoms with van der Waals surface area (Å²) in [5.74, 6) is 0.121. The van der Waals surface area contributed by atoms with Crippen LogP contribution in [0.5, 0.6) is 0 Å². The van der Waals surface area contributed by atoms with Gasteiger partial charge in [0.2, 0.25) is 0 Å². The third-order valence-electron chi connectivity index (χ3n) is 5.47. The fraction of sp³-hybridized carbons (Fsp3) is 0.409. The molecule has 0 N–H and O–H groups in total. The summed E-state index contributed by atoms with van der Waals surface area (Å²) in [6.45, 7) is 4.32. The Morgan fingerprint density at radius 2 is 1.87 bits per heavy atom. The Balaban J connectivity index is 1.38. The molecule has 2 fully saturated rings. The minimum absolute atomic E-state index is 0.00681. The lowest BCUT2D eigenvalue weighted by Crippen LogP contribution is -2.47. The number of thioether (sulfide) groups is 1. The minimum atomic E-state index is -0.509. The summed E-state index contributed by atoms with van der Waals surface area (Å²) in [6, 6.07) is 11.4. The molecular weight excluding hydrogens is 403 g/mol. The molecule has 8 heteroatoms. The quantitative estimate of drug-likeness (QED) is 0.749. The molecule has 158 valence electrons. The molecule has 30 heavy (non-hydrogen) atoms. The average Bonchev–Trinajstić information content (AvgIpc) is 3.14. The highest BCUT2D eigenvalue weighted by molar-refractivity contribution is 8.00. The second-order valence-corrected chi connectivity index (χ2v) is 8.69. The van der Waals surface area contributed by atoms with E-state index in [1.807, 2.05) is 23.1 Å². The number of aromatic nitrogens is 1. The van der Waals surface area contributed by atoms with Gasteiger partial charge in [-0.15, -0.1) is 11.8 Å². The van der Waals surface area contributed by atoms with Gasteiger partial charge >= 0.3 is 0 Å². The lowest BCUT2D eigenvalue weighted by molar-refractivity contribution is -0.132. The van der Waals surface area contributed by atoms with Crippen LogP contribution in [0, 0.1) is 5.82 Å². The molecule has 2 saturated heterocycles. The van der Waals surface area contributed by atoms with Gasteiger partial charge < -0.3 is 9.80 Å². The first-order chi connectivity index (χ1) is 14.6. The molecule has 1 atom stereocenters. The highest BCUT2D eigenvalue weighted by atomic mass is 32.2. The van der Waals surface area contributed by atoms with E-state index in [-0.39, 0.29) is 17.6 Å². The Hall–Kier alpha value is -2.45. The topological polar surface area (TPSA) is 56.8 Å². The van der Waals surface area contributed by atoms with Crippen molar-refractivity contribution in [2.75, 3.05) is 38.5 Å². The third-order valence-corrected chi connectivity index (χ3v) is 6.66.